The van der Waals surface area contributed by atoms with Crippen LogP contribution >= 0.6 is 0 Å². The molecule has 0 bridgehead atoms. The van der Waals surface area contributed by atoms with Gasteiger partial charge in [0.2, 0.25) is 0 Å². The van der Waals surface area contributed by atoms with E-state index in [1.54, 1.807) is 12.1 Å². The third kappa shape index (κ3) is 3.60. The van der Waals surface area contributed by atoms with Crippen molar-refractivity contribution in [3.8, 4) is 5.75 Å². The number of aryl methyl sites for hydroxylation is 2. The van der Waals surface area contributed by atoms with Gasteiger partial charge in [-0.2, -0.15) is 0 Å². The largest absolute Gasteiger partial charge is 0.494 e. The molecule has 1 heterocycles. The van der Waals surface area contributed by atoms with Crippen molar-refractivity contribution in [2.45, 2.75) is 19.9 Å². The predicted octanol–water partition coefficient (Wildman–Crippen LogP) is 3.45. The van der Waals surface area contributed by atoms with Crippen molar-refractivity contribution in [1.29, 1.82) is 0 Å². The Morgan fingerprint density at radius 2 is 1.67 bits per heavy atom. The number of halogens is 1. The molecule has 0 amide bonds. The molecular weight excluding hydrogens is 303 g/mol. The molecule has 0 spiro atoms. The topological polar surface area (TPSA) is 24.5 Å². The highest BCUT2D eigenvalue weighted by Gasteiger charge is 2.25. The highest BCUT2D eigenvalue weighted by atomic mass is 19.1. The normalized spacial score (nSPS) is 16.8. The molecule has 2 aromatic rings. The van der Waals surface area contributed by atoms with E-state index in [0.29, 0.717) is 5.75 Å². The molecule has 0 radical (unpaired) electrons. The van der Waals surface area contributed by atoms with Gasteiger partial charge in [0.1, 0.15) is 0 Å². The minimum atomic E-state index is -0.306. The average molecular weight is 328 g/mol. The van der Waals surface area contributed by atoms with Crippen LogP contribution in [0.3, 0.4) is 0 Å². The average Bonchev–Trinajstić information content (AvgIpc) is 2.55. The van der Waals surface area contributed by atoms with Gasteiger partial charge in [-0.25, -0.2) is 4.39 Å². The Balaban J connectivity index is 2.05. The lowest BCUT2D eigenvalue weighted by Crippen LogP contribution is -2.45. The lowest BCUT2D eigenvalue weighted by molar-refractivity contribution is 0.198. The number of rotatable bonds is 4. The van der Waals surface area contributed by atoms with Gasteiger partial charge in [0.15, 0.2) is 11.6 Å². The standard InChI is InChI=1S/C20H25FN2O/c1-14-10-15(2)12-17(11-14)20(23-8-6-22-7-9-23)16-4-5-19(24-3)18(21)13-16/h4-5,10-13,20,22H,6-9H2,1-3H3. The Kier molecular flexibility index (Phi) is 5.17. The molecule has 0 saturated carbocycles. The summed E-state index contributed by atoms with van der Waals surface area (Å²) in [6, 6.07) is 12.0. The van der Waals surface area contributed by atoms with Crippen molar-refractivity contribution in [1.82, 2.24) is 10.2 Å². The Bertz CT molecular complexity index is 691. The van der Waals surface area contributed by atoms with E-state index in [2.05, 4.69) is 42.3 Å². The molecule has 0 aliphatic carbocycles. The number of nitrogens with one attached hydrogen (secondary N) is 1. The molecule has 1 aliphatic rings. The maximum Gasteiger partial charge on any atom is 0.165 e. The molecule has 2 aromatic carbocycles. The molecule has 24 heavy (non-hydrogen) atoms. The summed E-state index contributed by atoms with van der Waals surface area (Å²) in [4.78, 5) is 2.42. The molecule has 3 nitrogen and oxygen atoms in total. The zero-order valence-electron chi connectivity index (χ0n) is 14.6. The number of hydrogen-bond acceptors (Lipinski definition) is 3. The second-order valence-electron chi connectivity index (χ2n) is 6.50. The van der Waals surface area contributed by atoms with E-state index in [1.165, 1.54) is 23.8 Å². The number of ether oxygens (including phenoxy) is 1. The van der Waals surface area contributed by atoms with E-state index in [4.69, 9.17) is 4.74 Å². The van der Waals surface area contributed by atoms with Crippen molar-refractivity contribution in [3.05, 3.63) is 64.5 Å². The summed E-state index contributed by atoms with van der Waals surface area (Å²) in [7, 11) is 1.50. The van der Waals surface area contributed by atoms with Gasteiger partial charge in [-0.15, -0.1) is 0 Å². The summed E-state index contributed by atoms with van der Waals surface area (Å²) in [6.07, 6.45) is 0. The first-order valence-corrected chi connectivity index (χ1v) is 8.45. The zero-order valence-corrected chi connectivity index (χ0v) is 14.6. The maximum absolute atomic E-state index is 14.3. The number of methoxy groups -OCH3 is 1. The fraction of sp³-hybridized carbons (Fsp3) is 0.400. The number of piperazine rings is 1. The number of benzene rings is 2. The Morgan fingerprint density at radius 3 is 2.25 bits per heavy atom. The van der Waals surface area contributed by atoms with Crippen molar-refractivity contribution >= 4 is 0 Å². The SMILES string of the molecule is COc1ccc(C(c2cc(C)cc(C)c2)N2CCNCC2)cc1F. The first-order valence-electron chi connectivity index (χ1n) is 8.45. The molecule has 3 rings (SSSR count). The molecule has 1 fully saturated rings. The van der Waals surface area contributed by atoms with Gasteiger partial charge >= 0.3 is 0 Å². The highest BCUT2D eigenvalue weighted by molar-refractivity contribution is 5.39. The van der Waals surface area contributed by atoms with Crippen LogP contribution in [0.4, 0.5) is 4.39 Å². The lowest BCUT2D eigenvalue weighted by atomic mass is 9.93. The van der Waals surface area contributed by atoms with Gasteiger partial charge in [-0.05, 0) is 37.1 Å². The monoisotopic (exact) mass is 328 g/mol. The van der Waals surface area contributed by atoms with Crippen LogP contribution in [0.5, 0.6) is 5.75 Å². The smallest absolute Gasteiger partial charge is 0.165 e. The van der Waals surface area contributed by atoms with E-state index in [0.717, 1.165) is 31.7 Å². The molecule has 128 valence electrons. The van der Waals surface area contributed by atoms with Crippen LogP contribution in [-0.4, -0.2) is 38.2 Å². The Labute approximate surface area is 143 Å². The summed E-state index contributed by atoms with van der Waals surface area (Å²) in [5.74, 6) is -0.0160. The van der Waals surface area contributed by atoms with Crippen LogP contribution in [0.25, 0.3) is 0 Å². The highest BCUT2D eigenvalue weighted by Crippen LogP contribution is 2.32. The third-order valence-electron chi connectivity index (χ3n) is 4.57. The minimum Gasteiger partial charge on any atom is -0.494 e. The second kappa shape index (κ2) is 7.32. The molecule has 1 atom stereocenters. The van der Waals surface area contributed by atoms with E-state index in [-0.39, 0.29) is 11.9 Å². The molecular formula is C20H25FN2O. The van der Waals surface area contributed by atoms with Crippen molar-refractivity contribution < 1.29 is 9.13 Å². The maximum atomic E-state index is 14.3. The van der Waals surface area contributed by atoms with Gasteiger partial charge in [-0.3, -0.25) is 4.90 Å². The number of hydrogen-bond donors (Lipinski definition) is 1. The van der Waals surface area contributed by atoms with Gasteiger partial charge in [0.25, 0.3) is 0 Å². The third-order valence-corrected chi connectivity index (χ3v) is 4.57. The van der Waals surface area contributed by atoms with Crippen molar-refractivity contribution in [2.24, 2.45) is 0 Å². The minimum absolute atomic E-state index is 0.0612. The van der Waals surface area contributed by atoms with Gasteiger partial charge < -0.3 is 10.1 Å². The first-order chi connectivity index (χ1) is 11.6. The van der Waals surface area contributed by atoms with E-state index >= 15 is 0 Å². The van der Waals surface area contributed by atoms with E-state index in [9.17, 15) is 4.39 Å². The Morgan fingerprint density at radius 1 is 1.00 bits per heavy atom. The van der Waals surface area contributed by atoms with Crippen LogP contribution in [0.15, 0.2) is 36.4 Å². The van der Waals surface area contributed by atoms with E-state index in [1.807, 2.05) is 6.07 Å². The zero-order chi connectivity index (χ0) is 17.1. The van der Waals surface area contributed by atoms with Gasteiger partial charge in [0, 0.05) is 26.2 Å². The molecule has 1 saturated heterocycles. The van der Waals surface area contributed by atoms with Crippen LogP contribution in [0.2, 0.25) is 0 Å². The first kappa shape index (κ1) is 16.9. The molecule has 4 heteroatoms. The van der Waals surface area contributed by atoms with Crippen LogP contribution in [0.1, 0.15) is 28.3 Å². The summed E-state index contributed by atoms with van der Waals surface area (Å²) >= 11 is 0. The summed E-state index contributed by atoms with van der Waals surface area (Å²) in [5.41, 5.74) is 4.66. The molecule has 1 N–H and O–H groups in total. The summed E-state index contributed by atoms with van der Waals surface area (Å²) in [6.45, 7) is 8.04. The van der Waals surface area contributed by atoms with Crippen molar-refractivity contribution in [2.75, 3.05) is 33.3 Å². The van der Waals surface area contributed by atoms with Crippen molar-refractivity contribution in [3.63, 3.8) is 0 Å². The van der Waals surface area contributed by atoms with E-state index < -0.39 is 0 Å². The quantitative estimate of drug-likeness (QED) is 0.930. The fourth-order valence-electron chi connectivity index (χ4n) is 3.57. The summed E-state index contributed by atoms with van der Waals surface area (Å²) < 4.78 is 19.4. The molecule has 0 aromatic heterocycles. The van der Waals surface area contributed by atoms with Crippen LogP contribution < -0.4 is 10.1 Å². The molecule has 1 aliphatic heterocycles. The summed E-state index contributed by atoms with van der Waals surface area (Å²) in [5, 5.41) is 3.39. The lowest BCUT2D eigenvalue weighted by Gasteiger charge is -2.36. The van der Waals surface area contributed by atoms with Crippen LogP contribution in [-0.2, 0) is 0 Å². The second-order valence-corrected chi connectivity index (χ2v) is 6.50. The predicted molar refractivity (Wildman–Crippen MR) is 95.2 cm³/mol. The molecule has 1 unspecified atom stereocenters. The van der Waals surface area contributed by atoms with Gasteiger partial charge in [-0.1, -0.05) is 35.4 Å². The van der Waals surface area contributed by atoms with Crippen LogP contribution in [0, 0.1) is 19.7 Å². The Hall–Kier alpha value is -1.91. The fourth-order valence-corrected chi connectivity index (χ4v) is 3.57. The number of nitrogens with zero attached hydrogens (tertiary/aromatic N) is 1. The van der Waals surface area contributed by atoms with Gasteiger partial charge in [0.05, 0.1) is 13.2 Å².